The van der Waals surface area contributed by atoms with Gasteiger partial charge in [0, 0.05) is 17.8 Å². The van der Waals surface area contributed by atoms with Crippen LogP contribution in [0.15, 0.2) is 42.2 Å². The fourth-order valence-electron chi connectivity index (χ4n) is 1.72. The van der Waals surface area contributed by atoms with Crippen molar-refractivity contribution in [3.8, 4) is 0 Å². The summed E-state index contributed by atoms with van der Waals surface area (Å²) in [7, 11) is 0. The summed E-state index contributed by atoms with van der Waals surface area (Å²) in [6.45, 7) is 0. The molecule has 3 rings (SSSR count). The van der Waals surface area contributed by atoms with Gasteiger partial charge in [-0.15, -0.1) is 11.3 Å². The number of amides is 1. The Morgan fingerprint density at radius 1 is 1.22 bits per heavy atom. The van der Waals surface area contributed by atoms with E-state index in [4.69, 9.17) is 11.6 Å². The summed E-state index contributed by atoms with van der Waals surface area (Å²) >= 11 is 7.08. The van der Waals surface area contributed by atoms with Gasteiger partial charge in [0.2, 0.25) is 11.9 Å². The van der Waals surface area contributed by atoms with Gasteiger partial charge in [0.05, 0.1) is 24.0 Å². The molecule has 9 heteroatoms. The van der Waals surface area contributed by atoms with Gasteiger partial charge in [0.1, 0.15) is 5.15 Å². The second-order valence-corrected chi connectivity index (χ2v) is 5.68. The maximum Gasteiger partial charge on any atom is 0.230 e. The second-order valence-electron chi connectivity index (χ2n) is 4.44. The Kier molecular flexibility index (Phi) is 4.74. The van der Waals surface area contributed by atoms with Gasteiger partial charge < -0.3 is 10.6 Å². The number of aromatic nitrogens is 4. The van der Waals surface area contributed by atoms with E-state index in [0.717, 1.165) is 0 Å². The second kappa shape index (κ2) is 7.12. The van der Waals surface area contributed by atoms with Crippen LogP contribution in [0, 0.1) is 0 Å². The van der Waals surface area contributed by atoms with Gasteiger partial charge in [-0.25, -0.2) is 19.9 Å². The van der Waals surface area contributed by atoms with Crippen LogP contribution in [0.4, 0.5) is 16.8 Å². The third kappa shape index (κ3) is 4.44. The summed E-state index contributed by atoms with van der Waals surface area (Å²) < 4.78 is 0. The lowest BCUT2D eigenvalue weighted by Crippen LogP contribution is -2.14. The zero-order chi connectivity index (χ0) is 16.1. The van der Waals surface area contributed by atoms with Crippen LogP contribution in [-0.2, 0) is 11.2 Å². The first-order chi connectivity index (χ1) is 11.2. The molecule has 0 spiro atoms. The van der Waals surface area contributed by atoms with Crippen LogP contribution in [0.5, 0.6) is 0 Å². The van der Waals surface area contributed by atoms with Crippen molar-refractivity contribution in [3.05, 3.63) is 53.0 Å². The highest BCUT2D eigenvalue weighted by Gasteiger charge is 2.09. The molecule has 0 radical (unpaired) electrons. The predicted molar refractivity (Wildman–Crippen MR) is 89.0 cm³/mol. The fourth-order valence-corrected chi connectivity index (χ4v) is 2.54. The Labute approximate surface area is 140 Å². The Morgan fingerprint density at radius 2 is 2.04 bits per heavy atom. The molecule has 0 fully saturated rings. The molecule has 3 aromatic rings. The molecule has 7 nitrogen and oxygen atoms in total. The zero-order valence-corrected chi connectivity index (χ0v) is 13.3. The van der Waals surface area contributed by atoms with Crippen molar-refractivity contribution >= 4 is 45.6 Å². The van der Waals surface area contributed by atoms with Crippen LogP contribution in [0.1, 0.15) is 5.69 Å². The van der Waals surface area contributed by atoms with Crippen molar-refractivity contribution in [2.75, 3.05) is 10.6 Å². The van der Waals surface area contributed by atoms with Gasteiger partial charge in [-0.3, -0.25) is 4.79 Å². The number of pyridine rings is 1. The van der Waals surface area contributed by atoms with Crippen LogP contribution < -0.4 is 10.6 Å². The minimum atomic E-state index is -0.179. The average molecular weight is 347 g/mol. The standard InChI is InChI=1S/C14H11ClN6OS/c15-11-3-2-9(7-18-11)19-12(22)6-10-8-23-14(20-10)21-13-16-4-1-5-17-13/h1-5,7-8H,6H2,(H,19,22)(H,16,17,20,21). The molecule has 0 aliphatic heterocycles. The van der Waals surface area contributed by atoms with Gasteiger partial charge in [0.25, 0.3) is 0 Å². The van der Waals surface area contributed by atoms with Gasteiger partial charge in [-0.2, -0.15) is 0 Å². The van der Waals surface area contributed by atoms with Crippen LogP contribution in [0.25, 0.3) is 0 Å². The van der Waals surface area contributed by atoms with Crippen LogP contribution in [0.3, 0.4) is 0 Å². The number of nitrogens with one attached hydrogen (secondary N) is 2. The first kappa shape index (κ1) is 15.3. The smallest absolute Gasteiger partial charge is 0.230 e. The molecule has 0 aliphatic rings. The van der Waals surface area contributed by atoms with Crippen LogP contribution >= 0.6 is 22.9 Å². The topological polar surface area (TPSA) is 92.7 Å². The molecular formula is C14H11ClN6OS. The quantitative estimate of drug-likeness (QED) is 0.690. The lowest BCUT2D eigenvalue weighted by atomic mass is 10.3. The molecule has 0 unspecified atom stereocenters. The number of thiazole rings is 1. The highest BCUT2D eigenvalue weighted by Crippen LogP contribution is 2.19. The largest absolute Gasteiger partial charge is 0.324 e. The highest BCUT2D eigenvalue weighted by atomic mass is 35.5. The molecule has 0 bridgehead atoms. The van der Waals surface area contributed by atoms with Gasteiger partial charge in [-0.1, -0.05) is 11.6 Å². The molecule has 3 aromatic heterocycles. The molecule has 1 amide bonds. The average Bonchev–Trinajstić information content (AvgIpc) is 2.97. The molecule has 116 valence electrons. The van der Waals surface area contributed by atoms with Crippen molar-refractivity contribution in [1.82, 2.24) is 19.9 Å². The summed E-state index contributed by atoms with van der Waals surface area (Å²) in [5.74, 6) is 0.284. The number of hydrogen-bond donors (Lipinski definition) is 2. The number of halogens is 1. The number of nitrogens with zero attached hydrogens (tertiary/aromatic N) is 4. The maximum absolute atomic E-state index is 12.0. The molecule has 0 saturated heterocycles. The Bertz CT molecular complexity index is 793. The van der Waals surface area contributed by atoms with E-state index in [1.54, 1.807) is 30.6 Å². The lowest BCUT2D eigenvalue weighted by Gasteiger charge is -2.03. The van der Waals surface area contributed by atoms with E-state index in [2.05, 4.69) is 30.6 Å². The number of hydrogen-bond acceptors (Lipinski definition) is 7. The zero-order valence-electron chi connectivity index (χ0n) is 11.7. The van der Waals surface area contributed by atoms with E-state index >= 15 is 0 Å². The van der Waals surface area contributed by atoms with Gasteiger partial charge in [-0.05, 0) is 18.2 Å². The first-order valence-electron chi connectivity index (χ1n) is 6.59. The summed E-state index contributed by atoms with van der Waals surface area (Å²) in [5.41, 5.74) is 1.25. The van der Waals surface area contributed by atoms with Crippen molar-refractivity contribution in [2.24, 2.45) is 0 Å². The van der Waals surface area contributed by atoms with Crippen molar-refractivity contribution < 1.29 is 4.79 Å². The number of anilines is 3. The van der Waals surface area contributed by atoms with E-state index in [1.165, 1.54) is 17.5 Å². The molecule has 2 N–H and O–H groups in total. The van der Waals surface area contributed by atoms with E-state index in [1.807, 2.05) is 5.38 Å². The summed E-state index contributed by atoms with van der Waals surface area (Å²) in [6, 6.07) is 5.03. The van der Waals surface area contributed by atoms with Crippen LogP contribution in [0.2, 0.25) is 5.15 Å². The Morgan fingerprint density at radius 3 is 2.78 bits per heavy atom. The van der Waals surface area contributed by atoms with Crippen molar-refractivity contribution in [2.45, 2.75) is 6.42 Å². The SMILES string of the molecule is O=C(Cc1csc(Nc2ncccn2)n1)Nc1ccc(Cl)nc1. The predicted octanol–water partition coefficient (Wildman–Crippen LogP) is 2.91. The monoisotopic (exact) mass is 346 g/mol. The number of carbonyl (C=O) groups excluding carboxylic acids is 1. The van der Waals surface area contributed by atoms with Crippen molar-refractivity contribution in [1.29, 1.82) is 0 Å². The molecule has 0 saturated carbocycles. The number of carbonyl (C=O) groups is 1. The molecule has 0 aromatic carbocycles. The minimum Gasteiger partial charge on any atom is -0.324 e. The third-order valence-corrected chi connectivity index (χ3v) is 3.72. The van der Waals surface area contributed by atoms with E-state index in [-0.39, 0.29) is 12.3 Å². The summed E-state index contributed by atoms with van der Waals surface area (Å²) in [4.78, 5) is 28.3. The molecule has 0 atom stereocenters. The van der Waals surface area contributed by atoms with E-state index in [9.17, 15) is 4.79 Å². The third-order valence-electron chi connectivity index (χ3n) is 2.69. The van der Waals surface area contributed by atoms with Gasteiger partial charge in [0.15, 0.2) is 5.13 Å². The lowest BCUT2D eigenvalue weighted by molar-refractivity contribution is -0.115. The fraction of sp³-hybridized carbons (Fsp3) is 0.0714. The minimum absolute atomic E-state index is 0.163. The molecule has 3 heterocycles. The molecule has 0 aliphatic carbocycles. The summed E-state index contributed by atoms with van der Waals surface area (Å²) in [5, 5.41) is 8.54. The Hall–Kier alpha value is -2.58. The maximum atomic E-state index is 12.0. The number of rotatable bonds is 5. The molecule has 23 heavy (non-hydrogen) atoms. The molecular weight excluding hydrogens is 336 g/mol. The normalized spacial score (nSPS) is 10.3. The first-order valence-corrected chi connectivity index (χ1v) is 7.84. The van der Waals surface area contributed by atoms with Gasteiger partial charge >= 0.3 is 0 Å². The van der Waals surface area contributed by atoms with Crippen molar-refractivity contribution in [3.63, 3.8) is 0 Å². The van der Waals surface area contributed by atoms with Crippen LogP contribution in [-0.4, -0.2) is 25.8 Å². The highest BCUT2D eigenvalue weighted by molar-refractivity contribution is 7.13. The van der Waals surface area contributed by atoms with E-state index < -0.39 is 0 Å². The Balaban J connectivity index is 1.58. The van der Waals surface area contributed by atoms with E-state index in [0.29, 0.717) is 27.6 Å². The summed E-state index contributed by atoms with van der Waals surface area (Å²) in [6.07, 6.45) is 4.94.